The van der Waals surface area contributed by atoms with E-state index in [0.717, 1.165) is 35.5 Å². The average molecular weight is 334 g/mol. The van der Waals surface area contributed by atoms with E-state index in [2.05, 4.69) is 59.4 Å². The van der Waals surface area contributed by atoms with Gasteiger partial charge in [0.15, 0.2) is 0 Å². The summed E-state index contributed by atoms with van der Waals surface area (Å²) in [4.78, 5) is 0. The molecule has 0 saturated heterocycles. The molecule has 0 amide bonds. The minimum Gasteiger partial charge on any atom is -0.456 e. The molecule has 20 heavy (non-hydrogen) atoms. The SMILES string of the molecule is CCNCc1ccc(Oc2ccc(CC)cc2)c(Br)c1. The quantitative estimate of drug-likeness (QED) is 0.810. The lowest BCUT2D eigenvalue weighted by Crippen LogP contribution is -2.11. The molecule has 0 radical (unpaired) electrons. The van der Waals surface area contributed by atoms with Crippen molar-refractivity contribution in [1.29, 1.82) is 0 Å². The normalized spacial score (nSPS) is 10.6. The fraction of sp³-hybridized carbons (Fsp3) is 0.294. The van der Waals surface area contributed by atoms with Crippen LogP contribution in [0.5, 0.6) is 11.5 Å². The zero-order valence-corrected chi connectivity index (χ0v) is 13.5. The van der Waals surface area contributed by atoms with Crippen LogP contribution in [-0.4, -0.2) is 6.54 Å². The molecule has 2 aromatic carbocycles. The fourth-order valence-electron chi connectivity index (χ4n) is 1.93. The molecule has 0 aliphatic rings. The molecule has 0 saturated carbocycles. The van der Waals surface area contributed by atoms with E-state index in [1.54, 1.807) is 0 Å². The first kappa shape index (κ1) is 15.1. The molecular weight excluding hydrogens is 314 g/mol. The van der Waals surface area contributed by atoms with Crippen LogP contribution in [0, 0.1) is 0 Å². The molecule has 0 aliphatic carbocycles. The van der Waals surface area contributed by atoms with E-state index in [1.807, 2.05) is 18.2 Å². The van der Waals surface area contributed by atoms with E-state index in [0.29, 0.717) is 0 Å². The molecule has 106 valence electrons. The van der Waals surface area contributed by atoms with Crippen molar-refractivity contribution in [3.8, 4) is 11.5 Å². The third-order valence-corrected chi connectivity index (χ3v) is 3.75. The van der Waals surface area contributed by atoms with Gasteiger partial charge in [0.05, 0.1) is 4.47 Å². The summed E-state index contributed by atoms with van der Waals surface area (Å²) in [5.41, 5.74) is 2.56. The van der Waals surface area contributed by atoms with Gasteiger partial charge in [-0.15, -0.1) is 0 Å². The van der Waals surface area contributed by atoms with Crippen LogP contribution in [-0.2, 0) is 13.0 Å². The summed E-state index contributed by atoms with van der Waals surface area (Å²) >= 11 is 3.57. The van der Waals surface area contributed by atoms with Crippen molar-refractivity contribution in [3.63, 3.8) is 0 Å². The lowest BCUT2D eigenvalue weighted by molar-refractivity contribution is 0.479. The Hall–Kier alpha value is -1.32. The Morgan fingerprint density at radius 3 is 2.30 bits per heavy atom. The second kappa shape index (κ2) is 7.46. The minimum absolute atomic E-state index is 0.842. The minimum atomic E-state index is 0.842. The third-order valence-electron chi connectivity index (χ3n) is 3.13. The molecule has 0 aromatic heterocycles. The maximum absolute atomic E-state index is 5.90. The van der Waals surface area contributed by atoms with Crippen molar-refractivity contribution >= 4 is 15.9 Å². The lowest BCUT2D eigenvalue weighted by Gasteiger charge is -2.10. The van der Waals surface area contributed by atoms with Crippen LogP contribution >= 0.6 is 15.9 Å². The number of halogens is 1. The highest BCUT2D eigenvalue weighted by Crippen LogP contribution is 2.30. The molecule has 2 rings (SSSR count). The van der Waals surface area contributed by atoms with E-state index in [4.69, 9.17) is 4.74 Å². The molecule has 0 atom stereocenters. The number of benzene rings is 2. The summed E-state index contributed by atoms with van der Waals surface area (Å²) < 4.78 is 6.88. The van der Waals surface area contributed by atoms with Gasteiger partial charge < -0.3 is 10.1 Å². The highest BCUT2D eigenvalue weighted by atomic mass is 79.9. The molecule has 0 bridgehead atoms. The predicted molar refractivity (Wildman–Crippen MR) is 87.4 cm³/mol. The zero-order valence-electron chi connectivity index (χ0n) is 11.9. The Labute approximate surface area is 129 Å². The summed E-state index contributed by atoms with van der Waals surface area (Å²) in [6, 6.07) is 14.4. The van der Waals surface area contributed by atoms with Gasteiger partial charge in [0.2, 0.25) is 0 Å². The molecule has 0 aliphatic heterocycles. The van der Waals surface area contributed by atoms with Crippen molar-refractivity contribution in [2.75, 3.05) is 6.54 Å². The van der Waals surface area contributed by atoms with Crippen LogP contribution in [0.3, 0.4) is 0 Å². The monoisotopic (exact) mass is 333 g/mol. The second-order valence-corrected chi connectivity index (χ2v) is 5.50. The van der Waals surface area contributed by atoms with E-state index in [1.165, 1.54) is 11.1 Å². The largest absolute Gasteiger partial charge is 0.456 e. The number of ether oxygens (including phenoxy) is 1. The second-order valence-electron chi connectivity index (χ2n) is 4.64. The molecular formula is C17H20BrNO. The van der Waals surface area contributed by atoms with Crippen LogP contribution in [0.2, 0.25) is 0 Å². The van der Waals surface area contributed by atoms with Crippen molar-refractivity contribution in [2.45, 2.75) is 26.8 Å². The number of rotatable bonds is 6. The van der Waals surface area contributed by atoms with Gasteiger partial charge in [0.1, 0.15) is 11.5 Å². The van der Waals surface area contributed by atoms with Crippen molar-refractivity contribution < 1.29 is 4.74 Å². The molecule has 0 spiro atoms. The first-order chi connectivity index (χ1) is 9.72. The standard InChI is InChI=1S/C17H20BrNO/c1-3-13-5-8-15(9-6-13)20-17-10-7-14(11-16(17)18)12-19-4-2/h5-11,19H,3-4,12H2,1-2H3. The first-order valence-electron chi connectivity index (χ1n) is 6.99. The van der Waals surface area contributed by atoms with Gasteiger partial charge in [0.25, 0.3) is 0 Å². The maximum atomic E-state index is 5.90. The molecule has 0 fully saturated rings. The highest BCUT2D eigenvalue weighted by molar-refractivity contribution is 9.10. The van der Waals surface area contributed by atoms with Gasteiger partial charge >= 0.3 is 0 Å². The maximum Gasteiger partial charge on any atom is 0.141 e. The Morgan fingerprint density at radius 1 is 1.00 bits per heavy atom. The summed E-state index contributed by atoms with van der Waals surface area (Å²) in [5, 5.41) is 3.31. The van der Waals surface area contributed by atoms with Gasteiger partial charge in [-0.25, -0.2) is 0 Å². The average Bonchev–Trinajstić information content (AvgIpc) is 2.48. The highest BCUT2D eigenvalue weighted by Gasteiger charge is 2.04. The van der Waals surface area contributed by atoms with Crippen LogP contribution < -0.4 is 10.1 Å². The smallest absolute Gasteiger partial charge is 0.141 e. The van der Waals surface area contributed by atoms with Crippen LogP contribution in [0.15, 0.2) is 46.9 Å². The molecule has 1 N–H and O–H groups in total. The van der Waals surface area contributed by atoms with E-state index < -0.39 is 0 Å². The van der Waals surface area contributed by atoms with E-state index in [9.17, 15) is 0 Å². The van der Waals surface area contributed by atoms with Gasteiger partial charge in [-0.2, -0.15) is 0 Å². The van der Waals surface area contributed by atoms with Crippen molar-refractivity contribution in [1.82, 2.24) is 5.32 Å². The Balaban J connectivity index is 2.08. The Kier molecular flexibility index (Phi) is 5.62. The number of aryl methyl sites for hydroxylation is 1. The van der Waals surface area contributed by atoms with Crippen molar-refractivity contribution in [3.05, 3.63) is 58.1 Å². The number of nitrogens with one attached hydrogen (secondary N) is 1. The molecule has 0 unspecified atom stereocenters. The lowest BCUT2D eigenvalue weighted by atomic mass is 10.2. The summed E-state index contributed by atoms with van der Waals surface area (Å²) in [6.07, 6.45) is 1.04. The van der Waals surface area contributed by atoms with Crippen LogP contribution in [0.1, 0.15) is 25.0 Å². The molecule has 2 nitrogen and oxygen atoms in total. The Bertz CT molecular complexity index is 551. The topological polar surface area (TPSA) is 21.3 Å². The molecule has 3 heteroatoms. The summed E-state index contributed by atoms with van der Waals surface area (Å²) in [5.74, 6) is 1.71. The first-order valence-corrected chi connectivity index (χ1v) is 7.78. The van der Waals surface area contributed by atoms with Crippen LogP contribution in [0.25, 0.3) is 0 Å². The summed E-state index contributed by atoms with van der Waals surface area (Å²) in [6.45, 7) is 6.10. The van der Waals surface area contributed by atoms with Gasteiger partial charge in [-0.05, 0) is 64.3 Å². The van der Waals surface area contributed by atoms with Gasteiger partial charge in [-0.1, -0.05) is 32.0 Å². The fourth-order valence-corrected chi connectivity index (χ4v) is 2.43. The number of hydrogen-bond donors (Lipinski definition) is 1. The van der Waals surface area contributed by atoms with Gasteiger partial charge in [-0.3, -0.25) is 0 Å². The third kappa shape index (κ3) is 4.09. The summed E-state index contributed by atoms with van der Waals surface area (Å²) in [7, 11) is 0. The molecule has 0 heterocycles. The van der Waals surface area contributed by atoms with E-state index >= 15 is 0 Å². The molecule has 2 aromatic rings. The predicted octanol–water partition coefficient (Wildman–Crippen LogP) is 4.91. The van der Waals surface area contributed by atoms with E-state index in [-0.39, 0.29) is 0 Å². The van der Waals surface area contributed by atoms with Crippen LogP contribution in [0.4, 0.5) is 0 Å². The van der Waals surface area contributed by atoms with Crippen molar-refractivity contribution in [2.24, 2.45) is 0 Å². The zero-order chi connectivity index (χ0) is 14.4. The Morgan fingerprint density at radius 2 is 1.70 bits per heavy atom. The van der Waals surface area contributed by atoms with Gasteiger partial charge in [0, 0.05) is 6.54 Å². The number of hydrogen-bond acceptors (Lipinski definition) is 2.